The number of carbonyl (C=O) groups excluding carboxylic acids is 2. The molecule has 2 aromatic carbocycles. The lowest BCUT2D eigenvalue weighted by Crippen LogP contribution is -2.36. The number of carbonyl (C=O) groups is 2. The Labute approximate surface area is 158 Å². The van der Waals surface area contributed by atoms with Crippen molar-refractivity contribution >= 4 is 17.5 Å². The molecule has 3 rings (SSSR count). The third kappa shape index (κ3) is 4.39. The fourth-order valence-electron chi connectivity index (χ4n) is 3.33. The fourth-order valence-corrected chi connectivity index (χ4v) is 3.33. The molecule has 1 aliphatic rings. The molecule has 2 N–H and O–H groups in total. The molecule has 6 heteroatoms. The zero-order chi connectivity index (χ0) is 19.2. The highest BCUT2D eigenvalue weighted by Crippen LogP contribution is 2.30. The molecule has 0 radical (unpaired) electrons. The highest BCUT2D eigenvalue weighted by molar-refractivity contribution is 6.00. The Morgan fingerprint density at radius 2 is 1.85 bits per heavy atom. The van der Waals surface area contributed by atoms with Crippen molar-refractivity contribution in [2.75, 3.05) is 25.2 Å². The molecule has 142 valence electrons. The SMILES string of the molecule is COc1ccc(OCCCC(=O)N2CCCc3c(C(N)=O)cccc32)cc1. The van der Waals surface area contributed by atoms with Crippen molar-refractivity contribution in [1.29, 1.82) is 0 Å². The quantitative estimate of drug-likeness (QED) is 0.762. The summed E-state index contributed by atoms with van der Waals surface area (Å²) < 4.78 is 10.8. The smallest absolute Gasteiger partial charge is 0.249 e. The molecule has 0 atom stereocenters. The predicted molar refractivity (Wildman–Crippen MR) is 103 cm³/mol. The molecule has 6 nitrogen and oxygen atoms in total. The minimum atomic E-state index is -0.450. The van der Waals surface area contributed by atoms with Gasteiger partial charge in [-0.05, 0) is 61.2 Å². The number of methoxy groups -OCH3 is 1. The number of fused-ring (bicyclic) bond motifs is 1. The van der Waals surface area contributed by atoms with Crippen molar-refractivity contribution < 1.29 is 19.1 Å². The van der Waals surface area contributed by atoms with Gasteiger partial charge in [0.15, 0.2) is 0 Å². The van der Waals surface area contributed by atoms with Gasteiger partial charge in [-0.3, -0.25) is 9.59 Å². The first-order valence-electron chi connectivity index (χ1n) is 9.09. The summed E-state index contributed by atoms with van der Waals surface area (Å²) in [7, 11) is 1.62. The summed E-state index contributed by atoms with van der Waals surface area (Å²) >= 11 is 0. The molecule has 1 heterocycles. The van der Waals surface area contributed by atoms with Crippen molar-refractivity contribution in [3.05, 3.63) is 53.6 Å². The van der Waals surface area contributed by atoms with Crippen molar-refractivity contribution in [3.8, 4) is 11.5 Å². The molecule has 0 unspecified atom stereocenters. The second-order valence-electron chi connectivity index (χ2n) is 6.44. The Morgan fingerprint density at radius 1 is 1.11 bits per heavy atom. The highest BCUT2D eigenvalue weighted by atomic mass is 16.5. The standard InChI is InChI=1S/C21H24N2O4/c1-26-15-9-11-16(12-10-15)27-14-4-8-20(24)23-13-3-6-17-18(21(22)25)5-2-7-19(17)23/h2,5,7,9-12H,3-4,6,8,13-14H2,1H3,(H2,22,25). The second-order valence-corrected chi connectivity index (χ2v) is 6.44. The van der Waals surface area contributed by atoms with Gasteiger partial charge in [-0.2, -0.15) is 0 Å². The van der Waals surface area contributed by atoms with E-state index < -0.39 is 5.91 Å². The van der Waals surface area contributed by atoms with Crippen molar-refractivity contribution in [2.24, 2.45) is 5.73 Å². The Balaban J connectivity index is 1.56. The molecule has 0 fully saturated rings. The lowest BCUT2D eigenvalue weighted by Gasteiger charge is -2.30. The number of benzene rings is 2. The van der Waals surface area contributed by atoms with E-state index in [-0.39, 0.29) is 5.91 Å². The molecule has 1 aliphatic heterocycles. The van der Waals surface area contributed by atoms with Gasteiger partial charge >= 0.3 is 0 Å². The van der Waals surface area contributed by atoms with Crippen LogP contribution in [0.25, 0.3) is 0 Å². The van der Waals surface area contributed by atoms with E-state index in [0.717, 1.165) is 35.6 Å². The highest BCUT2D eigenvalue weighted by Gasteiger charge is 2.25. The van der Waals surface area contributed by atoms with E-state index in [9.17, 15) is 9.59 Å². The number of amides is 2. The number of anilines is 1. The van der Waals surface area contributed by atoms with Crippen LogP contribution in [0.1, 0.15) is 35.2 Å². The van der Waals surface area contributed by atoms with Crippen LogP contribution >= 0.6 is 0 Å². The zero-order valence-electron chi connectivity index (χ0n) is 15.4. The third-order valence-corrected chi connectivity index (χ3v) is 4.68. The Bertz CT molecular complexity index is 817. The molecule has 0 saturated heterocycles. The maximum absolute atomic E-state index is 12.7. The van der Waals surface area contributed by atoms with Crippen LogP contribution in [0.2, 0.25) is 0 Å². The van der Waals surface area contributed by atoms with Crippen LogP contribution < -0.4 is 20.1 Å². The summed E-state index contributed by atoms with van der Waals surface area (Å²) in [6.07, 6.45) is 2.59. The minimum Gasteiger partial charge on any atom is -0.497 e. The second kappa shape index (κ2) is 8.58. The summed E-state index contributed by atoms with van der Waals surface area (Å²) in [4.78, 5) is 26.1. The van der Waals surface area contributed by atoms with Gasteiger partial charge in [0, 0.05) is 24.2 Å². The number of nitrogens with zero attached hydrogens (tertiary/aromatic N) is 1. The van der Waals surface area contributed by atoms with Gasteiger partial charge in [0.05, 0.1) is 13.7 Å². The molecule has 2 amide bonds. The molecule has 0 spiro atoms. The van der Waals surface area contributed by atoms with E-state index in [1.165, 1.54) is 0 Å². The average molecular weight is 368 g/mol. The van der Waals surface area contributed by atoms with Crippen LogP contribution in [-0.2, 0) is 11.2 Å². The van der Waals surface area contributed by atoms with Crippen molar-refractivity contribution in [2.45, 2.75) is 25.7 Å². The number of primary amides is 1. The van der Waals surface area contributed by atoms with Gasteiger partial charge in [0.25, 0.3) is 0 Å². The summed E-state index contributed by atoms with van der Waals surface area (Å²) in [5, 5.41) is 0. The van der Waals surface area contributed by atoms with Crippen LogP contribution in [0, 0.1) is 0 Å². The van der Waals surface area contributed by atoms with Crippen LogP contribution in [0.4, 0.5) is 5.69 Å². The maximum atomic E-state index is 12.7. The number of rotatable bonds is 7. The number of hydrogen-bond acceptors (Lipinski definition) is 4. The van der Waals surface area contributed by atoms with Crippen LogP contribution in [-0.4, -0.2) is 32.1 Å². The number of hydrogen-bond donors (Lipinski definition) is 1. The fraction of sp³-hybridized carbons (Fsp3) is 0.333. The molecule has 2 aromatic rings. The summed E-state index contributed by atoms with van der Waals surface area (Å²) in [5.74, 6) is 1.11. The molecule has 0 aliphatic carbocycles. The lowest BCUT2D eigenvalue weighted by molar-refractivity contribution is -0.118. The van der Waals surface area contributed by atoms with Crippen molar-refractivity contribution in [1.82, 2.24) is 0 Å². The molecule has 0 bridgehead atoms. The van der Waals surface area contributed by atoms with E-state index in [4.69, 9.17) is 15.2 Å². The van der Waals surface area contributed by atoms with E-state index in [1.807, 2.05) is 30.3 Å². The molecular formula is C21H24N2O4. The van der Waals surface area contributed by atoms with Crippen LogP contribution in [0.3, 0.4) is 0 Å². The minimum absolute atomic E-state index is 0.0379. The first-order chi connectivity index (χ1) is 13.1. The van der Waals surface area contributed by atoms with Gasteiger partial charge in [-0.25, -0.2) is 0 Å². The van der Waals surface area contributed by atoms with E-state index >= 15 is 0 Å². The van der Waals surface area contributed by atoms with Gasteiger partial charge in [0.2, 0.25) is 11.8 Å². The summed E-state index contributed by atoms with van der Waals surface area (Å²) in [6.45, 7) is 1.12. The topological polar surface area (TPSA) is 81.9 Å². The molecule has 0 saturated carbocycles. The molecular weight excluding hydrogens is 344 g/mol. The molecule has 0 aromatic heterocycles. The Kier molecular flexibility index (Phi) is 5.96. The molecule has 27 heavy (non-hydrogen) atoms. The van der Waals surface area contributed by atoms with E-state index in [1.54, 1.807) is 24.1 Å². The third-order valence-electron chi connectivity index (χ3n) is 4.68. The summed E-state index contributed by atoms with van der Waals surface area (Å²) in [5.41, 5.74) is 7.65. The van der Waals surface area contributed by atoms with Gasteiger partial charge < -0.3 is 20.1 Å². The predicted octanol–water partition coefficient (Wildman–Crippen LogP) is 2.93. The van der Waals surface area contributed by atoms with E-state index in [0.29, 0.717) is 31.6 Å². The lowest BCUT2D eigenvalue weighted by atomic mass is 9.95. The van der Waals surface area contributed by atoms with Crippen LogP contribution in [0.15, 0.2) is 42.5 Å². The Morgan fingerprint density at radius 3 is 2.56 bits per heavy atom. The largest absolute Gasteiger partial charge is 0.497 e. The van der Waals surface area contributed by atoms with E-state index in [2.05, 4.69) is 0 Å². The van der Waals surface area contributed by atoms with Crippen LogP contribution in [0.5, 0.6) is 11.5 Å². The maximum Gasteiger partial charge on any atom is 0.249 e. The average Bonchev–Trinajstić information content (AvgIpc) is 2.70. The van der Waals surface area contributed by atoms with Crippen molar-refractivity contribution in [3.63, 3.8) is 0 Å². The first kappa shape index (κ1) is 18.8. The monoisotopic (exact) mass is 368 g/mol. The van der Waals surface area contributed by atoms with Gasteiger partial charge in [0.1, 0.15) is 11.5 Å². The van der Waals surface area contributed by atoms with Gasteiger partial charge in [-0.1, -0.05) is 6.07 Å². The normalized spacial score (nSPS) is 13.0. The Hall–Kier alpha value is -3.02. The number of ether oxygens (including phenoxy) is 2. The zero-order valence-corrected chi connectivity index (χ0v) is 15.4. The summed E-state index contributed by atoms with van der Waals surface area (Å²) in [6, 6.07) is 12.7. The number of nitrogens with two attached hydrogens (primary N) is 1. The van der Waals surface area contributed by atoms with Gasteiger partial charge in [-0.15, -0.1) is 0 Å². The first-order valence-corrected chi connectivity index (χ1v) is 9.09.